The highest BCUT2D eigenvalue weighted by Gasteiger charge is 2.12. The number of benzene rings is 3. The molecule has 0 saturated heterocycles. The molecule has 0 radical (unpaired) electrons. The van der Waals surface area contributed by atoms with Gasteiger partial charge in [-0.3, -0.25) is 9.78 Å². The Kier molecular flexibility index (Phi) is 7.93. The molecule has 6 heteroatoms. The van der Waals surface area contributed by atoms with E-state index in [0.29, 0.717) is 35.8 Å². The van der Waals surface area contributed by atoms with Gasteiger partial charge in [0.15, 0.2) is 11.5 Å². The summed E-state index contributed by atoms with van der Waals surface area (Å²) >= 11 is 0. The molecule has 0 atom stereocenters. The molecule has 4 aromatic rings. The number of rotatable bonds is 11. The van der Waals surface area contributed by atoms with E-state index >= 15 is 0 Å². The molecular weight excluding hydrogens is 445 g/mol. The van der Waals surface area contributed by atoms with Crippen molar-refractivity contribution < 1.29 is 23.4 Å². The largest absolute Gasteiger partial charge is 0.493 e. The summed E-state index contributed by atoms with van der Waals surface area (Å²) in [6.45, 7) is 0. The molecule has 1 aromatic heterocycles. The van der Waals surface area contributed by atoms with Crippen molar-refractivity contribution in [2.75, 3.05) is 14.2 Å². The summed E-state index contributed by atoms with van der Waals surface area (Å²) in [5.74, 6) is 2.49. The van der Waals surface area contributed by atoms with Crippen LogP contribution in [0.5, 0.6) is 23.0 Å². The summed E-state index contributed by atoms with van der Waals surface area (Å²) in [5, 5.41) is 0.808. The van der Waals surface area contributed by atoms with E-state index in [0.717, 1.165) is 41.3 Å². The van der Waals surface area contributed by atoms with Gasteiger partial charge in [-0.2, -0.15) is 0 Å². The Bertz CT molecular complexity index is 1300. The van der Waals surface area contributed by atoms with Gasteiger partial charge in [-0.1, -0.05) is 24.3 Å². The number of unbranched alkanes of at least 4 members (excludes halogenated alkanes) is 1. The first kappa shape index (κ1) is 24.2. The summed E-state index contributed by atoms with van der Waals surface area (Å²) in [5.41, 5.74) is 2.64. The van der Waals surface area contributed by atoms with E-state index in [2.05, 4.69) is 4.98 Å². The van der Waals surface area contributed by atoms with Crippen LogP contribution >= 0.6 is 0 Å². The molecular formula is C29H28FNO4. The maximum absolute atomic E-state index is 13.2. The van der Waals surface area contributed by atoms with Crippen molar-refractivity contribution in [3.05, 3.63) is 89.9 Å². The lowest BCUT2D eigenvalue weighted by Gasteiger charge is -2.12. The highest BCUT2D eigenvalue weighted by Crippen LogP contribution is 2.36. The first-order valence-corrected chi connectivity index (χ1v) is 11.6. The molecule has 0 amide bonds. The van der Waals surface area contributed by atoms with E-state index in [1.807, 2.05) is 42.5 Å². The first-order valence-electron chi connectivity index (χ1n) is 11.6. The molecule has 0 spiro atoms. The molecule has 0 aliphatic rings. The third-order valence-electron chi connectivity index (χ3n) is 5.82. The molecule has 4 rings (SSSR count). The van der Waals surface area contributed by atoms with Crippen LogP contribution in [0.2, 0.25) is 0 Å². The number of ether oxygens (including phenoxy) is 3. The molecule has 35 heavy (non-hydrogen) atoms. The zero-order chi connectivity index (χ0) is 24.6. The Hall–Kier alpha value is -3.93. The monoisotopic (exact) mass is 473 g/mol. The third-order valence-corrected chi connectivity index (χ3v) is 5.82. The number of methoxy groups -OCH3 is 2. The lowest BCUT2D eigenvalue weighted by molar-refractivity contribution is -0.118. The molecule has 0 saturated carbocycles. The topological polar surface area (TPSA) is 57.7 Å². The second-order valence-corrected chi connectivity index (χ2v) is 8.33. The molecule has 0 fully saturated rings. The van der Waals surface area contributed by atoms with Gasteiger partial charge in [0, 0.05) is 30.5 Å². The average molecular weight is 474 g/mol. The summed E-state index contributed by atoms with van der Waals surface area (Å²) in [6, 6.07) is 19.6. The van der Waals surface area contributed by atoms with Crippen LogP contribution in [0.3, 0.4) is 0 Å². The number of fused-ring (bicyclic) bond motifs is 1. The molecule has 180 valence electrons. The van der Waals surface area contributed by atoms with Crippen molar-refractivity contribution in [1.29, 1.82) is 0 Å². The highest BCUT2D eigenvalue weighted by atomic mass is 19.1. The Labute approximate surface area is 204 Å². The van der Waals surface area contributed by atoms with E-state index in [1.165, 1.54) is 6.07 Å². The minimum atomic E-state index is -0.219. The van der Waals surface area contributed by atoms with E-state index in [-0.39, 0.29) is 11.6 Å². The quantitative estimate of drug-likeness (QED) is 0.227. The number of Topliss-reactive ketones (excluding diaryl/α,β-unsaturated/α-hetero) is 1. The van der Waals surface area contributed by atoms with Gasteiger partial charge in [0.2, 0.25) is 0 Å². The predicted octanol–water partition coefficient (Wildman–Crippen LogP) is 6.71. The summed E-state index contributed by atoms with van der Waals surface area (Å²) in [6.07, 6.45) is 5.01. The highest BCUT2D eigenvalue weighted by molar-refractivity contribution is 5.88. The number of carbonyl (C=O) groups is 1. The van der Waals surface area contributed by atoms with Gasteiger partial charge >= 0.3 is 0 Å². The number of ketones is 1. The third kappa shape index (κ3) is 6.35. The SMILES string of the molecule is COc1cc2nccc(Oc3ccc(CC(=O)CCCCc4cccc(F)c4)cc3)c2cc1OC. The van der Waals surface area contributed by atoms with Gasteiger partial charge in [0.1, 0.15) is 23.1 Å². The van der Waals surface area contributed by atoms with Gasteiger partial charge in [0.05, 0.1) is 19.7 Å². The van der Waals surface area contributed by atoms with Gasteiger partial charge in [0.25, 0.3) is 0 Å². The lowest BCUT2D eigenvalue weighted by atomic mass is 10.0. The normalized spacial score (nSPS) is 10.8. The van der Waals surface area contributed by atoms with Crippen molar-refractivity contribution in [3.63, 3.8) is 0 Å². The number of nitrogens with zero attached hydrogens (tertiary/aromatic N) is 1. The smallest absolute Gasteiger partial charge is 0.162 e. The van der Waals surface area contributed by atoms with E-state index < -0.39 is 0 Å². The molecule has 1 heterocycles. The number of carbonyl (C=O) groups excluding carboxylic acids is 1. The number of halogens is 1. The fraction of sp³-hybridized carbons (Fsp3) is 0.241. The van der Waals surface area contributed by atoms with Gasteiger partial charge in [-0.15, -0.1) is 0 Å². The van der Waals surface area contributed by atoms with Crippen LogP contribution in [-0.2, 0) is 17.6 Å². The molecule has 0 bridgehead atoms. The second kappa shape index (κ2) is 11.5. The van der Waals surface area contributed by atoms with Crippen molar-refractivity contribution >= 4 is 16.7 Å². The van der Waals surface area contributed by atoms with E-state index in [4.69, 9.17) is 14.2 Å². The summed E-state index contributed by atoms with van der Waals surface area (Å²) < 4.78 is 30.1. The standard InChI is InChI=1S/C29H28FNO4/c1-33-28-18-25-26(19-29(28)34-2)31-15-14-27(25)35-24-12-10-21(11-13-24)17-23(32)9-4-3-6-20-7-5-8-22(30)16-20/h5,7-8,10-16,18-19H,3-4,6,9,17H2,1-2H3. The van der Waals surface area contributed by atoms with Crippen molar-refractivity contribution in [2.24, 2.45) is 0 Å². The molecule has 0 unspecified atom stereocenters. The number of hydrogen-bond donors (Lipinski definition) is 0. The average Bonchev–Trinajstić information content (AvgIpc) is 2.87. The molecule has 3 aromatic carbocycles. The Morgan fingerprint density at radius 2 is 1.63 bits per heavy atom. The van der Waals surface area contributed by atoms with Crippen molar-refractivity contribution in [3.8, 4) is 23.0 Å². The number of pyridine rings is 1. The molecule has 0 aliphatic heterocycles. The van der Waals surface area contributed by atoms with Crippen LogP contribution in [0, 0.1) is 5.82 Å². The molecule has 0 aliphatic carbocycles. The zero-order valence-corrected chi connectivity index (χ0v) is 19.9. The number of aryl methyl sites for hydroxylation is 1. The maximum Gasteiger partial charge on any atom is 0.162 e. The van der Waals surface area contributed by atoms with Crippen LogP contribution in [-0.4, -0.2) is 25.0 Å². The van der Waals surface area contributed by atoms with Crippen LogP contribution < -0.4 is 14.2 Å². The Morgan fingerprint density at radius 3 is 2.37 bits per heavy atom. The zero-order valence-electron chi connectivity index (χ0n) is 19.9. The molecule has 0 N–H and O–H groups in total. The first-order chi connectivity index (χ1) is 17.1. The van der Waals surface area contributed by atoms with Crippen LogP contribution in [0.15, 0.2) is 72.9 Å². The van der Waals surface area contributed by atoms with E-state index in [1.54, 1.807) is 38.6 Å². The lowest BCUT2D eigenvalue weighted by Crippen LogP contribution is -2.03. The van der Waals surface area contributed by atoms with Crippen molar-refractivity contribution in [2.45, 2.75) is 32.1 Å². The minimum Gasteiger partial charge on any atom is -0.493 e. The fourth-order valence-corrected chi connectivity index (χ4v) is 4.00. The Balaban J connectivity index is 1.32. The van der Waals surface area contributed by atoms with Gasteiger partial charge < -0.3 is 14.2 Å². The van der Waals surface area contributed by atoms with E-state index in [9.17, 15) is 9.18 Å². The van der Waals surface area contributed by atoms with Gasteiger partial charge in [-0.05, 0) is 66.8 Å². The summed E-state index contributed by atoms with van der Waals surface area (Å²) in [4.78, 5) is 16.8. The summed E-state index contributed by atoms with van der Waals surface area (Å²) in [7, 11) is 3.17. The second-order valence-electron chi connectivity index (χ2n) is 8.33. The van der Waals surface area contributed by atoms with Crippen LogP contribution in [0.4, 0.5) is 4.39 Å². The number of aromatic nitrogens is 1. The predicted molar refractivity (Wildman–Crippen MR) is 134 cm³/mol. The van der Waals surface area contributed by atoms with Gasteiger partial charge in [-0.25, -0.2) is 4.39 Å². The number of hydrogen-bond acceptors (Lipinski definition) is 5. The minimum absolute atomic E-state index is 0.194. The maximum atomic E-state index is 13.2. The van der Waals surface area contributed by atoms with Crippen molar-refractivity contribution in [1.82, 2.24) is 4.98 Å². The van der Waals surface area contributed by atoms with Crippen LogP contribution in [0.1, 0.15) is 30.4 Å². The molecule has 5 nitrogen and oxygen atoms in total. The Morgan fingerprint density at radius 1 is 0.857 bits per heavy atom. The fourth-order valence-electron chi connectivity index (χ4n) is 4.00. The van der Waals surface area contributed by atoms with Crippen LogP contribution in [0.25, 0.3) is 10.9 Å².